The third kappa shape index (κ3) is 4.00. The lowest BCUT2D eigenvalue weighted by atomic mass is 10.2. The van der Waals surface area contributed by atoms with Crippen LogP contribution in [-0.4, -0.2) is 39.2 Å². The Hall–Kier alpha value is -1.95. The van der Waals surface area contributed by atoms with Crippen molar-refractivity contribution in [2.24, 2.45) is 0 Å². The highest BCUT2D eigenvalue weighted by molar-refractivity contribution is 6.99. The molecule has 0 saturated carbocycles. The zero-order valence-corrected chi connectivity index (χ0v) is 16.2. The SMILES string of the molecule is COC(=O)C(O)CO[Si](c1ccccc1)(c1ccccc1)C(C)(C)C. The topological polar surface area (TPSA) is 55.8 Å². The first-order valence-corrected chi connectivity index (χ1v) is 10.2. The van der Waals surface area contributed by atoms with Gasteiger partial charge in [-0.1, -0.05) is 81.4 Å². The van der Waals surface area contributed by atoms with Crippen molar-refractivity contribution in [3.8, 4) is 0 Å². The molecule has 0 aromatic heterocycles. The second-order valence-corrected chi connectivity index (χ2v) is 11.3. The van der Waals surface area contributed by atoms with E-state index in [0.29, 0.717) is 0 Å². The predicted octanol–water partition coefficient (Wildman–Crippen LogP) is 2.10. The summed E-state index contributed by atoms with van der Waals surface area (Å²) in [5.41, 5.74) is 0. The average molecular weight is 359 g/mol. The number of hydrogen-bond donors (Lipinski definition) is 1. The van der Waals surface area contributed by atoms with E-state index in [1.807, 2.05) is 36.4 Å². The number of hydrogen-bond acceptors (Lipinski definition) is 4. The van der Waals surface area contributed by atoms with Crippen LogP contribution in [0.3, 0.4) is 0 Å². The molecule has 0 radical (unpaired) electrons. The fourth-order valence-corrected chi connectivity index (χ4v) is 7.73. The van der Waals surface area contributed by atoms with Crippen LogP contribution in [0, 0.1) is 0 Å². The highest BCUT2D eigenvalue weighted by Crippen LogP contribution is 2.36. The first-order chi connectivity index (χ1) is 11.8. The van der Waals surface area contributed by atoms with Crippen molar-refractivity contribution < 1.29 is 19.1 Å². The van der Waals surface area contributed by atoms with Crippen LogP contribution in [0.25, 0.3) is 0 Å². The van der Waals surface area contributed by atoms with Gasteiger partial charge >= 0.3 is 5.97 Å². The van der Waals surface area contributed by atoms with Crippen LogP contribution in [0.5, 0.6) is 0 Å². The summed E-state index contributed by atoms with van der Waals surface area (Å²) < 4.78 is 11.1. The van der Waals surface area contributed by atoms with E-state index in [2.05, 4.69) is 49.8 Å². The molecule has 0 saturated heterocycles. The smallest absolute Gasteiger partial charge is 0.337 e. The quantitative estimate of drug-likeness (QED) is 0.635. The standard InChI is InChI=1S/C20H26O4Si/c1-20(2,3)25(16-11-7-5-8-12-16,17-13-9-6-10-14-17)24-15-18(21)19(22)23-4/h5-14,18,21H,15H2,1-4H3. The summed E-state index contributed by atoms with van der Waals surface area (Å²) in [7, 11) is -1.48. The molecule has 0 aliphatic carbocycles. The van der Waals surface area contributed by atoms with Crippen LogP contribution in [0.15, 0.2) is 60.7 Å². The van der Waals surface area contributed by atoms with E-state index in [-0.39, 0.29) is 11.6 Å². The molecular weight excluding hydrogens is 332 g/mol. The van der Waals surface area contributed by atoms with E-state index < -0.39 is 20.4 Å². The molecule has 1 unspecified atom stereocenters. The molecule has 134 valence electrons. The number of esters is 1. The number of carbonyl (C=O) groups excluding carboxylic acids is 1. The van der Waals surface area contributed by atoms with Gasteiger partial charge in [0.25, 0.3) is 8.32 Å². The molecule has 25 heavy (non-hydrogen) atoms. The molecule has 1 atom stereocenters. The summed E-state index contributed by atoms with van der Waals surface area (Å²) in [4.78, 5) is 11.6. The molecule has 0 fully saturated rings. The summed E-state index contributed by atoms with van der Waals surface area (Å²) in [5, 5.41) is 12.1. The molecule has 2 aromatic carbocycles. The normalized spacial score (nSPS) is 13.3. The highest BCUT2D eigenvalue weighted by atomic mass is 28.4. The zero-order chi connectivity index (χ0) is 18.5. The number of methoxy groups -OCH3 is 1. The lowest BCUT2D eigenvalue weighted by Gasteiger charge is -2.43. The Balaban J connectivity index is 2.55. The molecule has 1 N–H and O–H groups in total. The number of rotatable bonds is 6. The first-order valence-electron chi connectivity index (χ1n) is 8.34. The van der Waals surface area contributed by atoms with Gasteiger partial charge in [0.15, 0.2) is 6.10 Å². The van der Waals surface area contributed by atoms with Crippen LogP contribution in [0.4, 0.5) is 0 Å². The van der Waals surface area contributed by atoms with Gasteiger partial charge in [-0.05, 0) is 15.4 Å². The van der Waals surface area contributed by atoms with E-state index in [1.165, 1.54) is 7.11 Å². The Bertz CT molecular complexity index is 640. The number of aliphatic hydroxyl groups excluding tert-OH is 1. The van der Waals surface area contributed by atoms with E-state index in [1.54, 1.807) is 0 Å². The second kappa shape index (κ2) is 7.95. The van der Waals surface area contributed by atoms with E-state index in [4.69, 9.17) is 4.43 Å². The van der Waals surface area contributed by atoms with E-state index in [0.717, 1.165) is 10.4 Å². The fraction of sp³-hybridized carbons (Fsp3) is 0.350. The Kier molecular flexibility index (Phi) is 6.16. The number of carbonyl (C=O) groups is 1. The maximum Gasteiger partial charge on any atom is 0.337 e. The summed E-state index contributed by atoms with van der Waals surface area (Å²) in [5.74, 6) is -0.682. The van der Waals surface area contributed by atoms with Crippen LogP contribution < -0.4 is 10.4 Å². The van der Waals surface area contributed by atoms with Crippen molar-refractivity contribution in [3.05, 3.63) is 60.7 Å². The Labute approximate surface area is 150 Å². The lowest BCUT2D eigenvalue weighted by Crippen LogP contribution is -2.67. The molecule has 0 spiro atoms. The minimum absolute atomic E-state index is 0.0973. The number of benzene rings is 2. The Morgan fingerprint density at radius 3 is 1.80 bits per heavy atom. The van der Waals surface area contributed by atoms with Crippen molar-refractivity contribution in [3.63, 3.8) is 0 Å². The maximum atomic E-state index is 11.6. The van der Waals surface area contributed by atoms with Crippen LogP contribution in [-0.2, 0) is 14.0 Å². The van der Waals surface area contributed by atoms with Gasteiger partial charge < -0.3 is 14.3 Å². The van der Waals surface area contributed by atoms with Crippen molar-refractivity contribution in [2.45, 2.75) is 31.9 Å². The van der Waals surface area contributed by atoms with Gasteiger partial charge in [-0.3, -0.25) is 0 Å². The Morgan fingerprint density at radius 1 is 1.00 bits per heavy atom. The van der Waals surface area contributed by atoms with Crippen LogP contribution in [0.2, 0.25) is 5.04 Å². The first kappa shape index (κ1) is 19.4. The summed E-state index contributed by atoms with van der Waals surface area (Å²) in [6.07, 6.45) is -1.30. The van der Waals surface area contributed by atoms with Gasteiger partial charge in [0, 0.05) is 0 Å². The van der Waals surface area contributed by atoms with Gasteiger partial charge in [0.05, 0.1) is 13.7 Å². The summed E-state index contributed by atoms with van der Waals surface area (Å²) in [6, 6.07) is 20.2. The molecule has 0 aliphatic heterocycles. The average Bonchev–Trinajstić information content (AvgIpc) is 2.62. The number of aliphatic hydroxyl groups is 1. The molecule has 0 heterocycles. The lowest BCUT2D eigenvalue weighted by molar-refractivity contribution is -0.152. The molecular formula is C20H26O4Si. The largest absolute Gasteiger partial charge is 0.467 e. The van der Waals surface area contributed by atoms with Gasteiger partial charge in [-0.2, -0.15) is 0 Å². The van der Waals surface area contributed by atoms with Crippen molar-refractivity contribution in [2.75, 3.05) is 13.7 Å². The van der Waals surface area contributed by atoms with Gasteiger partial charge in [0.2, 0.25) is 0 Å². The van der Waals surface area contributed by atoms with E-state index in [9.17, 15) is 9.90 Å². The fourth-order valence-electron chi connectivity index (χ4n) is 3.17. The highest BCUT2D eigenvalue weighted by Gasteiger charge is 2.50. The number of ether oxygens (including phenoxy) is 1. The minimum Gasteiger partial charge on any atom is -0.467 e. The van der Waals surface area contributed by atoms with Crippen molar-refractivity contribution in [1.82, 2.24) is 0 Å². The Morgan fingerprint density at radius 2 is 1.44 bits per heavy atom. The maximum absolute atomic E-state index is 11.6. The van der Waals surface area contributed by atoms with Crippen molar-refractivity contribution >= 4 is 24.7 Å². The molecule has 0 bridgehead atoms. The monoisotopic (exact) mass is 358 g/mol. The molecule has 0 amide bonds. The van der Waals surface area contributed by atoms with Crippen molar-refractivity contribution in [1.29, 1.82) is 0 Å². The third-order valence-electron chi connectivity index (χ3n) is 4.35. The molecule has 4 nitrogen and oxygen atoms in total. The molecule has 5 heteroatoms. The van der Waals surface area contributed by atoms with Gasteiger partial charge in [-0.25, -0.2) is 4.79 Å². The predicted molar refractivity (Wildman–Crippen MR) is 102 cm³/mol. The van der Waals surface area contributed by atoms with Crippen LogP contribution in [0.1, 0.15) is 20.8 Å². The molecule has 2 rings (SSSR count). The molecule has 0 aliphatic rings. The summed E-state index contributed by atoms with van der Waals surface area (Å²) in [6.45, 7) is 6.33. The minimum atomic E-state index is -2.74. The van der Waals surface area contributed by atoms with Gasteiger partial charge in [-0.15, -0.1) is 0 Å². The summed E-state index contributed by atoms with van der Waals surface area (Å²) >= 11 is 0. The third-order valence-corrected chi connectivity index (χ3v) is 9.35. The zero-order valence-electron chi connectivity index (χ0n) is 15.2. The van der Waals surface area contributed by atoms with Crippen LogP contribution >= 0.6 is 0 Å². The second-order valence-electron chi connectivity index (χ2n) is 7.01. The van der Waals surface area contributed by atoms with E-state index >= 15 is 0 Å². The molecule has 2 aromatic rings. The van der Waals surface area contributed by atoms with Gasteiger partial charge in [0.1, 0.15) is 0 Å².